The molecule has 7 nitrogen and oxygen atoms in total. The van der Waals surface area contributed by atoms with Gasteiger partial charge in [-0.25, -0.2) is 9.59 Å². The molecule has 1 amide bonds. The zero-order valence-corrected chi connectivity index (χ0v) is 19.8. The molecule has 0 aliphatic heterocycles. The number of benzene rings is 2. The number of carbonyl (C=O) groups excluding carboxylic acids is 1. The Labute approximate surface area is 200 Å². The lowest BCUT2D eigenvalue weighted by atomic mass is 9.98. The Morgan fingerprint density at radius 2 is 1.76 bits per heavy atom. The molecule has 0 spiro atoms. The van der Waals surface area contributed by atoms with Gasteiger partial charge in [-0.2, -0.15) is 0 Å². The van der Waals surface area contributed by atoms with Crippen molar-refractivity contribution in [2.24, 2.45) is 0 Å². The quantitative estimate of drug-likeness (QED) is 0.365. The maximum Gasteiger partial charge on any atom is 0.339 e. The van der Waals surface area contributed by atoms with E-state index in [9.17, 15) is 19.5 Å². The first-order valence-electron chi connectivity index (χ1n) is 10.9. The molecule has 2 N–H and O–H groups in total. The lowest BCUT2D eigenvalue weighted by molar-refractivity contribution is -0.141. The number of amides is 1. The lowest BCUT2D eigenvalue weighted by Crippen LogP contribution is -2.42. The Balaban J connectivity index is 1.54. The molecule has 0 radical (unpaired) electrons. The molecule has 2 aromatic heterocycles. The van der Waals surface area contributed by atoms with Crippen LogP contribution in [0, 0.1) is 20.8 Å². The number of hydrogen-bond acceptors (Lipinski definition) is 5. The third-order valence-electron chi connectivity index (χ3n) is 6.12. The summed E-state index contributed by atoms with van der Waals surface area (Å²) < 4.78 is 11.2. The molecule has 0 saturated heterocycles. The monoisotopic (exact) mass is 481 g/mol. The SMILES string of the molecule is Cc1coc2c(C)c3oc(=O)c(CCC(=O)NC(Cc4ccc(Cl)cc4)C(=O)O)c(C)c3cc12. The normalized spacial score (nSPS) is 12.2. The molecule has 8 heteroatoms. The summed E-state index contributed by atoms with van der Waals surface area (Å²) in [6.45, 7) is 5.61. The van der Waals surface area contributed by atoms with Crippen LogP contribution in [-0.2, 0) is 22.4 Å². The molecule has 4 aromatic rings. The molecule has 176 valence electrons. The number of fused-ring (bicyclic) bond motifs is 2. The highest BCUT2D eigenvalue weighted by Gasteiger charge is 2.22. The van der Waals surface area contributed by atoms with Gasteiger partial charge in [0.25, 0.3) is 0 Å². The molecule has 34 heavy (non-hydrogen) atoms. The molecule has 0 bridgehead atoms. The van der Waals surface area contributed by atoms with Crippen LogP contribution in [-0.4, -0.2) is 23.0 Å². The second-order valence-electron chi connectivity index (χ2n) is 8.46. The molecule has 0 fully saturated rings. The van der Waals surface area contributed by atoms with Gasteiger partial charge in [-0.05, 0) is 62.1 Å². The van der Waals surface area contributed by atoms with E-state index in [-0.39, 0.29) is 19.3 Å². The average Bonchev–Trinajstić information content (AvgIpc) is 3.16. The number of aryl methyl sites for hydroxylation is 3. The van der Waals surface area contributed by atoms with Gasteiger partial charge in [0, 0.05) is 39.8 Å². The van der Waals surface area contributed by atoms with E-state index in [0.29, 0.717) is 21.8 Å². The fourth-order valence-electron chi connectivity index (χ4n) is 4.17. The van der Waals surface area contributed by atoms with E-state index >= 15 is 0 Å². The minimum absolute atomic E-state index is 0.0481. The summed E-state index contributed by atoms with van der Waals surface area (Å²) in [5.41, 5.74) is 4.22. The minimum atomic E-state index is -1.14. The van der Waals surface area contributed by atoms with E-state index in [1.54, 1.807) is 30.5 Å². The summed E-state index contributed by atoms with van der Waals surface area (Å²) in [5.74, 6) is -1.60. The smallest absolute Gasteiger partial charge is 0.339 e. The van der Waals surface area contributed by atoms with Gasteiger partial charge >= 0.3 is 11.6 Å². The maximum absolute atomic E-state index is 12.7. The molecule has 1 unspecified atom stereocenters. The van der Waals surface area contributed by atoms with Crippen molar-refractivity contribution in [3.8, 4) is 0 Å². The molecule has 1 atom stereocenters. The van der Waals surface area contributed by atoms with Crippen LogP contribution in [0.1, 0.15) is 34.2 Å². The molecular formula is C26H24ClNO6. The van der Waals surface area contributed by atoms with Crippen LogP contribution in [0.5, 0.6) is 0 Å². The van der Waals surface area contributed by atoms with Crippen LogP contribution in [0.4, 0.5) is 0 Å². The number of carboxylic acids is 1. The number of furan rings is 1. The van der Waals surface area contributed by atoms with E-state index < -0.39 is 23.5 Å². The summed E-state index contributed by atoms with van der Waals surface area (Å²) in [5, 5.41) is 14.4. The van der Waals surface area contributed by atoms with Gasteiger partial charge in [-0.15, -0.1) is 0 Å². The number of nitrogens with one attached hydrogen (secondary N) is 1. The van der Waals surface area contributed by atoms with Crippen molar-refractivity contribution in [2.75, 3.05) is 0 Å². The third kappa shape index (κ3) is 4.56. The van der Waals surface area contributed by atoms with E-state index in [2.05, 4.69) is 5.32 Å². The first-order valence-corrected chi connectivity index (χ1v) is 11.2. The topological polar surface area (TPSA) is 110 Å². The average molecular weight is 482 g/mol. The predicted molar refractivity (Wildman–Crippen MR) is 130 cm³/mol. The Kier molecular flexibility index (Phi) is 6.48. The molecule has 0 aliphatic rings. The zero-order chi connectivity index (χ0) is 24.6. The van der Waals surface area contributed by atoms with Crippen LogP contribution in [0.25, 0.3) is 21.9 Å². The van der Waals surface area contributed by atoms with Gasteiger partial charge < -0.3 is 19.3 Å². The largest absolute Gasteiger partial charge is 0.480 e. The van der Waals surface area contributed by atoms with E-state index in [0.717, 1.165) is 33.0 Å². The molecular weight excluding hydrogens is 458 g/mol. The Morgan fingerprint density at radius 1 is 1.06 bits per heavy atom. The highest BCUT2D eigenvalue weighted by Crippen LogP contribution is 2.32. The van der Waals surface area contributed by atoms with Gasteiger partial charge in [-0.1, -0.05) is 23.7 Å². The molecule has 0 aliphatic carbocycles. The number of carbonyl (C=O) groups is 2. The van der Waals surface area contributed by atoms with Crippen molar-refractivity contribution in [3.05, 3.63) is 79.9 Å². The van der Waals surface area contributed by atoms with Crippen molar-refractivity contribution >= 4 is 45.4 Å². The fourth-order valence-corrected chi connectivity index (χ4v) is 4.30. The molecule has 2 aromatic carbocycles. The summed E-state index contributed by atoms with van der Waals surface area (Å²) >= 11 is 5.87. The lowest BCUT2D eigenvalue weighted by Gasteiger charge is -2.15. The maximum atomic E-state index is 12.7. The standard InChI is InChI=1S/C26H24ClNO6/c1-13-12-33-23-15(3)24-20(11-19(13)23)14(2)18(26(32)34-24)8-9-22(29)28-21(25(30)31)10-16-4-6-17(27)7-5-16/h4-7,11-12,21H,8-10H2,1-3H3,(H,28,29)(H,30,31). The van der Waals surface area contributed by atoms with Crippen molar-refractivity contribution in [2.45, 2.75) is 46.1 Å². The van der Waals surface area contributed by atoms with Gasteiger partial charge in [-0.3, -0.25) is 4.79 Å². The van der Waals surface area contributed by atoms with E-state index in [1.165, 1.54) is 0 Å². The molecule has 2 heterocycles. The van der Waals surface area contributed by atoms with Crippen molar-refractivity contribution in [1.82, 2.24) is 5.32 Å². The first-order chi connectivity index (χ1) is 16.2. The van der Waals surface area contributed by atoms with Crippen LogP contribution < -0.4 is 10.9 Å². The number of halogens is 1. The van der Waals surface area contributed by atoms with Crippen molar-refractivity contribution in [3.63, 3.8) is 0 Å². The fraction of sp³-hybridized carbons (Fsp3) is 0.269. The van der Waals surface area contributed by atoms with Crippen LogP contribution in [0.2, 0.25) is 5.02 Å². The highest BCUT2D eigenvalue weighted by atomic mass is 35.5. The zero-order valence-electron chi connectivity index (χ0n) is 19.0. The minimum Gasteiger partial charge on any atom is -0.480 e. The molecule has 0 saturated carbocycles. The van der Waals surface area contributed by atoms with Crippen LogP contribution in [0.15, 0.2) is 50.2 Å². The molecule has 4 rings (SSSR count). The Hall–Kier alpha value is -3.58. The first kappa shape index (κ1) is 23.6. The summed E-state index contributed by atoms with van der Waals surface area (Å²) in [7, 11) is 0. The summed E-state index contributed by atoms with van der Waals surface area (Å²) in [6, 6.07) is 7.61. The third-order valence-corrected chi connectivity index (χ3v) is 6.38. The number of aliphatic carboxylic acids is 1. The van der Waals surface area contributed by atoms with Gasteiger partial charge in [0.05, 0.1) is 6.26 Å². The second-order valence-corrected chi connectivity index (χ2v) is 8.89. The number of carboxylic acid groups (broad SMARTS) is 1. The van der Waals surface area contributed by atoms with E-state index in [1.807, 2.05) is 26.8 Å². The second kappa shape index (κ2) is 9.35. The van der Waals surface area contributed by atoms with Gasteiger partial charge in [0.15, 0.2) is 0 Å². The van der Waals surface area contributed by atoms with Crippen molar-refractivity contribution in [1.29, 1.82) is 0 Å². The van der Waals surface area contributed by atoms with E-state index in [4.69, 9.17) is 20.4 Å². The Morgan fingerprint density at radius 3 is 2.44 bits per heavy atom. The number of hydrogen-bond donors (Lipinski definition) is 2. The number of rotatable bonds is 7. The van der Waals surface area contributed by atoms with Crippen LogP contribution >= 0.6 is 11.6 Å². The summed E-state index contributed by atoms with van der Waals surface area (Å²) in [6.07, 6.45) is 1.87. The summed E-state index contributed by atoms with van der Waals surface area (Å²) in [4.78, 5) is 37.0. The predicted octanol–water partition coefficient (Wildman–Crippen LogP) is 4.86. The highest BCUT2D eigenvalue weighted by molar-refractivity contribution is 6.30. The Bertz CT molecular complexity index is 1470. The van der Waals surface area contributed by atoms with Crippen molar-refractivity contribution < 1.29 is 23.5 Å². The van der Waals surface area contributed by atoms with Crippen LogP contribution in [0.3, 0.4) is 0 Å². The van der Waals surface area contributed by atoms with Gasteiger partial charge in [0.1, 0.15) is 17.2 Å². The van der Waals surface area contributed by atoms with Gasteiger partial charge in [0.2, 0.25) is 5.91 Å².